The van der Waals surface area contributed by atoms with E-state index in [-0.39, 0.29) is 30.7 Å². The predicted molar refractivity (Wildman–Crippen MR) is 121 cm³/mol. The molecule has 0 unspecified atom stereocenters. The van der Waals surface area contributed by atoms with E-state index in [1.165, 1.54) is 0 Å². The fourth-order valence-electron chi connectivity index (χ4n) is 2.79. The first-order valence-electron chi connectivity index (χ1n) is 8.92. The zero-order chi connectivity index (χ0) is 20.3. The van der Waals surface area contributed by atoms with Crippen LogP contribution in [0.15, 0.2) is 36.7 Å². The predicted octanol–water partition coefficient (Wildman–Crippen LogP) is 2.81. The number of halogens is 2. The van der Waals surface area contributed by atoms with Crippen LogP contribution < -0.4 is 20.5 Å². The van der Waals surface area contributed by atoms with Crippen LogP contribution in [0.2, 0.25) is 0 Å². The van der Waals surface area contributed by atoms with E-state index >= 15 is 0 Å². The van der Waals surface area contributed by atoms with E-state index in [0.29, 0.717) is 30.0 Å². The van der Waals surface area contributed by atoms with E-state index in [2.05, 4.69) is 15.4 Å². The van der Waals surface area contributed by atoms with Crippen molar-refractivity contribution in [1.82, 2.24) is 20.1 Å². The molecule has 30 heavy (non-hydrogen) atoms. The maximum atomic E-state index is 12.4. The highest BCUT2D eigenvalue weighted by Crippen LogP contribution is 2.26. The summed E-state index contributed by atoms with van der Waals surface area (Å²) in [6, 6.07) is 7.41. The third-order valence-electron chi connectivity index (χ3n) is 4.51. The highest BCUT2D eigenvalue weighted by atomic mass is 35.5. The Morgan fingerprint density at radius 1 is 1.17 bits per heavy atom. The molecule has 0 aliphatic heterocycles. The number of ether oxygens (including phenoxy) is 2. The van der Waals surface area contributed by atoms with Crippen LogP contribution in [0.4, 0.5) is 0 Å². The second-order valence-corrected chi connectivity index (χ2v) is 7.16. The van der Waals surface area contributed by atoms with Crippen molar-refractivity contribution in [2.24, 2.45) is 5.73 Å². The van der Waals surface area contributed by atoms with E-state index in [1.807, 2.05) is 32.0 Å². The van der Waals surface area contributed by atoms with Crippen molar-refractivity contribution in [3.63, 3.8) is 0 Å². The molecule has 8 nitrogen and oxygen atoms in total. The molecule has 1 aromatic carbocycles. The van der Waals surface area contributed by atoms with Crippen molar-refractivity contribution < 1.29 is 14.3 Å². The first kappa shape index (κ1) is 25.5. The minimum Gasteiger partial charge on any atom is -0.497 e. The molecule has 0 aliphatic carbocycles. The minimum atomic E-state index is -0.485. The van der Waals surface area contributed by atoms with Crippen molar-refractivity contribution >= 4 is 41.8 Å². The average molecular weight is 456 g/mol. The largest absolute Gasteiger partial charge is 0.497 e. The first-order valence-corrected chi connectivity index (χ1v) is 8.92. The fourth-order valence-corrected chi connectivity index (χ4v) is 2.79. The van der Waals surface area contributed by atoms with Gasteiger partial charge in [-0.2, -0.15) is 5.10 Å². The lowest BCUT2D eigenvalue weighted by molar-refractivity contribution is 0.0915. The van der Waals surface area contributed by atoms with E-state index in [0.717, 1.165) is 16.7 Å². The Kier molecular flexibility index (Phi) is 8.90. The molecule has 2 aromatic heterocycles. The number of carbonyl (C=O) groups excluding carboxylic acids is 1. The van der Waals surface area contributed by atoms with E-state index < -0.39 is 5.54 Å². The summed E-state index contributed by atoms with van der Waals surface area (Å²) in [6.07, 6.45) is 3.25. The van der Waals surface area contributed by atoms with Gasteiger partial charge in [0.25, 0.3) is 5.91 Å². The Bertz CT molecular complexity index is 1010. The number of amides is 1. The second kappa shape index (κ2) is 10.5. The quantitative estimate of drug-likeness (QED) is 0.567. The maximum absolute atomic E-state index is 12.4. The fraction of sp³-hybridized carbons (Fsp3) is 0.350. The number of fused-ring (bicyclic) bond motifs is 1. The number of carbonyl (C=O) groups is 1. The number of hydrogen-bond acceptors (Lipinski definition) is 6. The normalized spacial score (nSPS) is 10.7. The Morgan fingerprint density at radius 2 is 1.90 bits per heavy atom. The van der Waals surface area contributed by atoms with Crippen LogP contribution in [-0.4, -0.2) is 47.0 Å². The number of hydrogen-bond donors (Lipinski definition) is 2. The molecular formula is C20H27Cl2N5O3. The van der Waals surface area contributed by atoms with Gasteiger partial charge in [-0.25, -0.2) is 9.67 Å². The summed E-state index contributed by atoms with van der Waals surface area (Å²) in [5.41, 5.74) is 7.30. The molecule has 0 fully saturated rings. The number of nitrogens with two attached hydrogens (primary N) is 1. The van der Waals surface area contributed by atoms with Crippen LogP contribution >= 0.6 is 24.8 Å². The van der Waals surface area contributed by atoms with Crippen LogP contribution in [0.25, 0.3) is 11.0 Å². The molecule has 3 aromatic rings. The van der Waals surface area contributed by atoms with Crippen molar-refractivity contribution in [2.45, 2.75) is 25.9 Å². The third-order valence-corrected chi connectivity index (χ3v) is 4.51. The van der Waals surface area contributed by atoms with E-state index in [9.17, 15) is 4.79 Å². The van der Waals surface area contributed by atoms with Crippen molar-refractivity contribution in [2.75, 3.05) is 20.8 Å². The highest BCUT2D eigenvalue weighted by molar-refractivity contribution is 5.97. The number of aromatic nitrogens is 3. The van der Waals surface area contributed by atoms with Crippen LogP contribution in [0.5, 0.6) is 11.5 Å². The van der Waals surface area contributed by atoms with Gasteiger partial charge in [-0.1, -0.05) is 0 Å². The average Bonchev–Trinajstić information content (AvgIpc) is 3.10. The summed E-state index contributed by atoms with van der Waals surface area (Å²) < 4.78 is 12.5. The summed E-state index contributed by atoms with van der Waals surface area (Å²) in [6.45, 7) is 4.57. The van der Waals surface area contributed by atoms with Crippen LogP contribution in [0, 0.1) is 0 Å². The zero-order valence-electron chi connectivity index (χ0n) is 17.3. The van der Waals surface area contributed by atoms with Crippen molar-refractivity contribution in [3.8, 4) is 11.5 Å². The van der Waals surface area contributed by atoms with Gasteiger partial charge in [0.2, 0.25) is 0 Å². The Hall–Kier alpha value is -2.55. The van der Waals surface area contributed by atoms with Gasteiger partial charge in [0.1, 0.15) is 11.5 Å². The molecule has 0 atom stereocenters. The number of pyridine rings is 1. The Labute approximate surface area is 188 Å². The molecule has 10 heteroatoms. The molecule has 2 heterocycles. The molecule has 0 bridgehead atoms. The maximum Gasteiger partial charge on any atom is 0.253 e. The summed E-state index contributed by atoms with van der Waals surface area (Å²) >= 11 is 0. The van der Waals surface area contributed by atoms with Crippen molar-refractivity contribution in [1.29, 1.82) is 0 Å². The number of nitrogens with one attached hydrogen (secondary N) is 1. The van der Waals surface area contributed by atoms with Crippen LogP contribution in [0.1, 0.15) is 29.8 Å². The molecule has 1 amide bonds. The smallest absolute Gasteiger partial charge is 0.253 e. The molecule has 164 valence electrons. The number of methoxy groups -OCH3 is 2. The van der Waals surface area contributed by atoms with Crippen LogP contribution in [0.3, 0.4) is 0 Å². The Balaban J connectivity index is 0.00000225. The Morgan fingerprint density at radius 3 is 2.53 bits per heavy atom. The molecule has 0 saturated heterocycles. The molecule has 0 aliphatic rings. The second-order valence-electron chi connectivity index (χ2n) is 7.16. The summed E-state index contributed by atoms with van der Waals surface area (Å²) in [5, 5.41) is 8.10. The van der Waals surface area contributed by atoms with Crippen LogP contribution in [-0.2, 0) is 6.54 Å². The lowest BCUT2D eigenvalue weighted by Crippen LogP contribution is -2.48. The minimum absolute atomic E-state index is 0. The molecule has 3 rings (SSSR count). The van der Waals surface area contributed by atoms with Gasteiger partial charge in [-0.3, -0.25) is 4.79 Å². The molecule has 0 radical (unpaired) electrons. The van der Waals surface area contributed by atoms with Gasteiger partial charge >= 0.3 is 0 Å². The third kappa shape index (κ3) is 5.53. The van der Waals surface area contributed by atoms with Gasteiger partial charge in [-0.15, -0.1) is 24.8 Å². The van der Waals surface area contributed by atoms with Crippen molar-refractivity contribution in [3.05, 3.63) is 47.8 Å². The zero-order valence-corrected chi connectivity index (χ0v) is 19.0. The molecule has 0 saturated carbocycles. The molecule has 0 spiro atoms. The van der Waals surface area contributed by atoms with Gasteiger partial charge < -0.3 is 20.5 Å². The van der Waals surface area contributed by atoms with Gasteiger partial charge in [0, 0.05) is 35.3 Å². The monoisotopic (exact) mass is 455 g/mol. The lowest BCUT2D eigenvalue weighted by atomic mass is 10.1. The summed E-state index contributed by atoms with van der Waals surface area (Å²) in [7, 11) is 3.23. The topological polar surface area (TPSA) is 104 Å². The standard InChI is InChI=1S/C20H25N5O3.2ClH/c1-20(2,12-21)24-19(26)15-7-14-10-23-25(18(14)22-9-15)11-13-5-6-16(27-3)8-17(13)28-4;;/h5-10H,11-12,21H2,1-4H3,(H,24,26);2*1H. The number of benzene rings is 1. The molecular weight excluding hydrogens is 429 g/mol. The number of nitrogens with zero attached hydrogens (tertiary/aromatic N) is 3. The highest BCUT2D eigenvalue weighted by Gasteiger charge is 2.20. The van der Waals surface area contributed by atoms with Gasteiger partial charge in [0.15, 0.2) is 5.65 Å². The summed E-state index contributed by atoms with van der Waals surface area (Å²) in [5.74, 6) is 1.22. The van der Waals surface area contributed by atoms with E-state index in [1.54, 1.807) is 37.4 Å². The first-order chi connectivity index (χ1) is 13.4. The number of rotatable bonds is 7. The SMILES string of the molecule is COc1ccc(Cn2ncc3cc(C(=O)NC(C)(C)CN)cnc32)c(OC)c1.Cl.Cl. The van der Waals surface area contributed by atoms with E-state index in [4.69, 9.17) is 15.2 Å². The molecule has 3 N–H and O–H groups in total. The lowest BCUT2D eigenvalue weighted by Gasteiger charge is -2.24. The van der Waals surface area contributed by atoms with Gasteiger partial charge in [-0.05, 0) is 32.0 Å². The van der Waals surface area contributed by atoms with Gasteiger partial charge in [0.05, 0.1) is 32.5 Å². The summed E-state index contributed by atoms with van der Waals surface area (Å²) in [4.78, 5) is 16.9.